The molecule has 2 aromatic carbocycles. The number of nitrogens with one attached hydrogen (secondary N) is 1. The summed E-state index contributed by atoms with van der Waals surface area (Å²) in [5.74, 6) is 0.342. The van der Waals surface area contributed by atoms with Gasteiger partial charge in [0.2, 0.25) is 22.7 Å². The third kappa shape index (κ3) is 5.08. The Hall–Kier alpha value is -2.66. The van der Waals surface area contributed by atoms with Crippen LogP contribution in [0, 0.1) is 0 Å². The van der Waals surface area contributed by atoms with Crippen molar-refractivity contribution in [2.24, 2.45) is 0 Å². The molecule has 0 atom stereocenters. The van der Waals surface area contributed by atoms with Crippen molar-refractivity contribution < 1.29 is 35.9 Å². The molecule has 7 nitrogen and oxygen atoms in total. The second-order valence-corrected chi connectivity index (χ2v) is 8.71. The molecule has 1 N–H and O–H groups in total. The minimum atomic E-state index is -4.70. The smallest absolute Gasteiger partial charge is 0.416 e. The van der Waals surface area contributed by atoms with Gasteiger partial charge in [-0.3, -0.25) is 9.10 Å². The van der Waals surface area contributed by atoms with Crippen LogP contribution >= 0.6 is 11.6 Å². The molecular formula is C18H16ClF3N2O5S. The lowest BCUT2D eigenvalue weighted by Crippen LogP contribution is -2.40. The maximum atomic E-state index is 13.0. The average Bonchev–Trinajstić information content (AvgIpc) is 3.11. The van der Waals surface area contributed by atoms with Gasteiger partial charge in [0.15, 0.2) is 11.5 Å². The number of alkyl halides is 3. The summed E-state index contributed by atoms with van der Waals surface area (Å²) >= 11 is 5.93. The van der Waals surface area contributed by atoms with E-state index in [0.29, 0.717) is 27.4 Å². The van der Waals surface area contributed by atoms with Crippen LogP contribution in [0.1, 0.15) is 11.1 Å². The van der Waals surface area contributed by atoms with E-state index in [1.165, 1.54) is 0 Å². The molecule has 0 radical (unpaired) electrons. The first-order valence-corrected chi connectivity index (χ1v) is 10.7. The fraction of sp³-hybridized carbons (Fsp3) is 0.278. The number of rotatable bonds is 6. The molecule has 0 saturated heterocycles. The first-order chi connectivity index (χ1) is 13.9. The summed E-state index contributed by atoms with van der Waals surface area (Å²) in [6.07, 6.45) is -3.93. The van der Waals surface area contributed by atoms with Crippen LogP contribution in [-0.4, -0.2) is 33.9 Å². The van der Waals surface area contributed by atoms with Crippen molar-refractivity contribution in [3.05, 3.63) is 52.5 Å². The monoisotopic (exact) mass is 464 g/mol. The second-order valence-electron chi connectivity index (χ2n) is 6.40. The Kier molecular flexibility index (Phi) is 6.04. The number of nitrogens with zero attached hydrogens (tertiary/aromatic N) is 1. The van der Waals surface area contributed by atoms with Gasteiger partial charge in [-0.2, -0.15) is 13.2 Å². The van der Waals surface area contributed by atoms with Crippen LogP contribution in [0.15, 0.2) is 36.4 Å². The first-order valence-electron chi connectivity index (χ1n) is 8.45. The molecule has 0 spiro atoms. The second kappa shape index (κ2) is 8.23. The summed E-state index contributed by atoms with van der Waals surface area (Å²) in [5, 5.41) is 2.28. The number of anilines is 1. The van der Waals surface area contributed by atoms with E-state index in [1.54, 1.807) is 18.2 Å². The van der Waals surface area contributed by atoms with Crippen molar-refractivity contribution in [3.63, 3.8) is 0 Å². The van der Waals surface area contributed by atoms with Crippen molar-refractivity contribution in [3.8, 4) is 11.5 Å². The Morgan fingerprint density at radius 1 is 1.17 bits per heavy atom. The standard InChI is InChI=1S/C18H16ClF3N2O5S/c1-30(26,27)24(14-7-12(18(20,21)22)3-4-13(14)19)9-17(25)23-8-11-2-5-15-16(6-11)29-10-28-15/h2-7H,8-10H2,1H3,(H,23,25). The first kappa shape index (κ1) is 22.0. The highest BCUT2D eigenvalue weighted by Gasteiger charge is 2.33. The van der Waals surface area contributed by atoms with Crippen LogP contribution in [-0.2, 0) is 27.5 Å². The van der Waals surface area contributed by atoms with Crippen molar-refractivity contribution in [2.75, 3.05) is 23.9 Å². The molecule has 30 heavy (non-hydrogen) atoms. The quantitative estimate of drug-likeness (QED) is 0.710. The number of hydrogen-bond donors (Lipinski definition) is 1. The van der Waals surface area contributed by atoms with Gasteiger partial charge < -0.3 is 14.8 Å². The molecule has 162 valence electrons. The molecule has 1 heterocycles. The molecule has 0 fully saturated rings. The summed E-state index contributed by atoms with van der Waals surface area (Å²) < 4.78 is 74.3. The van der Waals surface area contributed by atoms with Crippen LogP contribution < -0.4 is 19.1 Å². The summed E-state index contributed by atoms with van der Waals surface area (Å²) in [4.78, 5) is 12.3. The molecule has 0 aromatic heterocycles. The maximum absolute atomic E-state index is 13.0. The van der Waals surface area contributed by atoms with E-state index in [2.05, 4.69) is 5.32 Å². The molecule has 1 aliphatic rings. The maximum Gasteiger partial charge on any atom is 0.416 e. The van der Waals surface area contributed by atoms with E-state index in [0.717, 1.165) is 18.4 Å². The van der Waals surface area contributed by atoms with Gasteiger partial charge in [0.25, 0.3) is 0 Å². The van der Waals surface area contributed by atoms with Gasteiger partial charge in [-0.25, -0.2) is 8.42 Å². The van der Waals surface area contributed by atoms with Crippen LogP contribution in [0.5, 0.6) is 11.5 Å². The van der Waals surface area contributed by atoms with E-state index in [-0.39, 0.29) is 18.4 Å². The number of halogens is 4. The van der Waals surface area contributed by atoms with Crippen molar-refractivity contribution >= 4 is 33.2 Å². The Morgan fingerprint density at radius 3 is 2.53 bits per heavy atom. The van der Waals surface area contributed by atoms with Gasteiger partial charge in [0.05, 0.1) is 22.5 Å². The van der Waals surface area contributed by atoms with E-state index in [9.17, 15) is 26.4 Å². The van der Waals surface area contributed by atoms with Crippen molar-refractivity contribution in [2.45, 2.75) is 12.7 Å². The number of hydrogen-bond acceptors (Lipinski definition) is 5. The lowest BCUT2D eigenvalue weighted by molar-refractivity contribution is -0.137. The number of amides is 1. The average molecular weight is 465 g/mol. The number of fused-ring (bicyclic) bond motifs is 1. The van der Waals surface area contributed by atoms with Gasteiger partial charge in [-0.05, 0) is 35.9 Å². The Labute approximate surface area is 175 Å². The fourth-order valence-corrected chi connectivity index (χ4v) is 3.83. The molecule has 3 rings (SSSR count). The summed E-state index contributed by atoms with van der Waals surface area (Å²) in [6, 6.07) is 7.25. The Morgan fingerprint density at radius 2 is 1.87 bits per heavy atom. The zero-order valence-corrected chi connectivity index (χ0v) is 17.1. The number of ether oxygens (including phenoxy) is 2. The highest BCUT2D eigenvalue weighted by atomic mass is 35.5. The van der Waals surface area contributed by atoms with Crippen LogP contribution in [0.4, 0.5) is 18.9 Å². The van der Waals surface area contributed by atoms with Crippen molar-refractivity contribution in [1.29, 1.82) is 0 Å². The number of carbonyl (C=O) groups excluding carboxylic acids is 1. The normalized spacial score (nSPS) is 13.2. The minimum Gasteiger partial charge on any atom is -0.454 e. The highest BCUT2D eigenvalue weighted by Crippen LogP contribution is 2.36. The molecule has 0 bridgehead atoms. The SMILES string of the molecule is CS(=O)(=O)N(CC(=O)NCc1ccc2c(c1)OCO2)c1cc(C(F)(F)F)ccc1Cl. The predicted molar refractivity (Wildman–Crippen MR) is 103 cm³/mol. The van der Waals surface area contributed by atoms with E-state index < -0.39 is 39.9 Å². The molecule has 1 aliphatic heterocycles. The summed E-state index contributed by atoms with van der Waals surface area (Å²) in [7, 11) is -4.10. The largest absolute Gasteiger partial charge is 0.454 e. The Balaban J connectivity index is 1.76. The lowest BCUT2D eigenvalue weighted by Gasteiger charge is -2.24. The summed E-state index contributed by atoms with van der Waals surface area (Å²) in [5.41, 5.74) is -0.862. The van der Waals surface area contributed by atoms with Gasteiger partial charge >= 0.3 is 6.18 Å². The van der Waals surface area contributed by atoms with E-state index in [1.807, 2.05) is 0 Å². The molecule has 2 aromatic rings. The molecule has 0 aliphatic carbocycles. The molecule has 0 unspecified atom stereocenters. The predicted octanol–water partition coefficient (Wildman–Crippen LogP) is 3.17. The zero-order chi connectivity index (χ0) is 22.1. The lowest BCUT2D eigenvalue weighted by atomic mass is 10.2. The Bertz CT molecular complexity index is 1080. The van der Waals surface area contributed by atoms with Gasteiger partial charge in [-0.1, -0.05) is 17.7 Å². The summed E-state index contributed by atoms with van der Waals surface area (Å²) in [6.45, 7) is -0.611. The highest BCUT2D eigenvalue weighted by molar-refractivity contribution is 7.92. The number of carbonyl (C=O) groups is 1. The van der Waals surface area contributed by atoms with Gasteiger partial charge in [0, 0.05) is 6.54 Å². The van der Waals surface area contributed by atoms with E-state index in [4.69, 9.17) is 21.1 Å². The molecule has 0 saturated carbocycles. The fourth-order valence-electron chi connectivity index (χ4n) is 2.70. The topological polar surface area (TPSA) is 84.9 Å². The van der Waals surface area contributed by atoms with Crippen LogP contribution in [0.3, 0.4) is 0 Å². The van der Waals surface area contributed by atoms with Gasteiger partial charge in [0.1, 0.15) is 6.54 Å². The molecule has 12 heteroatoms. The van der Waals surface area contributed by atoms with Crippen molar-refractivity contribution in [1.82, 2.24) is 5.32 Å². The van der Waals surface area contributed by atoms with E-state index >= 15 is 0 Å². The number of sulfonamides is 1. The van der Waals surface area contributed by atoms with Gasteiger partial charge in [-0.15, -0.1) is 0 Å². The molecular weight excluding hydrogens is 449 g/mol. The third-order valence-corrected chi connectivity index (χ3v) is 5.60. The van der Waals surface area contributed by atoms with Crippen LogP contribution in [0.25, 0.3) is 0 Å². The zero-order valence-electron chi connectivity index (χ0n) is 15.5. The van der Waals surface area contributed by atoms with Crippen LogP contribution in [0.2, 0.25) is 5.02 Å². The molecule has 1 amide bonds. The third-order valence-electron chi connectivity index (χ3n) is 4.16. The minimum absolute atomic E-state index is 0.0450. The number of benzene rings is 2.